The highest BCUT2D eigenvalue weighted by molar-refractivity contribution is 5.69. The average Bonchev–Trinajstić information content (AvgIpc) is 3.44. The van der Waals surface area contributed by atoms with Gasteiger partial charge in [-0.3, -0.25) is 0 Å². The Bertz CT molecular complexity index is 564. The van der Waals surface area contributed by atoms with Gasteiger partial charge in [-0.2, -0.15) is 0 Å². The molecule has 1 heterocycles. The zero-order chi connectivity index (χ0) is 18.6. The summed E-state index contributed by atoms with van der Waals surface area (Å²) in [6.45, 7) is 5.11. The normalized spacial score (nSPS) is 40.3. The molecule has 5 rings (SSSR count). The molecule has 4 nitrogen and oxygen atoms in total. The Morgan fingerprint density at radius 1 is 0.963 bits per heavy atom. The Morgan fingerprint density at radius 2 is 1.70 bits per heavy atom. The fraction of sp³-hybridized carbons (Fsp3) is 0.957. The Balaban J connectivity index is 1.23. The van der Waals surface area contributed by atoms with Crippen LogP contribution in [0.5, 0.6) is 0 Å². The molecule has 4 heteroatoms. The van der Waals surface area contributed by atoms with E-state index >= 15 is 0 Å². The highest BCUT2D eigenvalue weighted by Crippen LogP contribution is 2.59. The van der Waals surface area contributed by atoms with Gasteiger partial charge in [0, 0.05) is 18.0 Å². The van der Waals surface area contributed by atoms with E-state index in [1.807, 2.05) is 0 Å². The Morgan fingerprint density at radius 3 is 2.48 bits per heavy atom. The van der Waals surface area contributed by atoms with Crippen molar-refractivity contribution in [1.82, 2.24) is 4.90 Å². The van der Waals surface area contributed by atoms with Gasteiger partial charge in [0.25, 0.3) is 0 Å². The summed E-state index contributed by atoms with van der Waals surface area (Å²) < 4.78 is 12.6. The smallest absolute Gasteiger partial charge is 0.412 e. The van der Waals surface area contributed by atoms with Gasteiger partial charge in [0.15, 0.2) is 0 Å². The van der Waals surface area contributed by atoms with E-state index in [0.29, 0.717) is 6.10 Å². The van der Waals surface area contributed by atoms with E-state index in [1.54, 1.807) is 0 Å². The number of ether oxygens (including phenoxy) is 2. The quantitative estimate of drug-likeness (QED) is 0.621. The van der Waals surface area contributed by atoms with Crippen molar-refractivity contribution in [2.75, 3.05) is 6.54 Å². The maximum atomic E-state index is 13.1. The molecule has 5 aliphatic rings. The van der Waals surface area contributed by atoms with Crippen molar-refractivity contribution < 1.29 is 14.3 Å². The van der Waals surface area contributed by atoms with Crippen molar-refractivity contribution in [1.29, 1.82) is 0 Å². The van der Waals surface area contributed by atoms with E-state index < -0.39 is 0 Å². The zero-order valence-corrected chi connectivity index (χ0v) is 17.2. The largest absolute Gasteiger partial charge is 0.419 e. The number of hydrogen-bond acceptors (Lipinski definition) is 3. The molecule has 4 aliphatic carbocycles. The number of carbonyl (C=O) groups excluding carboxylic acids is 1. The molecule has 1 saturated heterocycles. The summed E-state index contributed by atoms with van der Waals surface area (Å²) in [6.07, 6.45) is 13.7. The van der Waals surface area contributed by atoms with Crippen LogP contribution in [-0.2, 0) is 9.47 Å². The molecule has 6 atom stereocenters. The molecule has 0 radical (unpaired) electrons. The lowest BCUT2D eigenvalue weighted by molar-refractivity contribution is -0.183. The predicted molar refractivity (Wildman–Crippen MR) is 104 cm³/mol. The number of hydrogen-bond donors (Lipinski definition) is 0. The van der Waals surface area contributed by atoms with Gasteiger partial charge < -0.3 is 14.4 Å². The van der Waals surface area contributed by atoms with Gasteiger partial charge in [-0.1, -0.05) is 33.1 Å². The molecule has 0 N–H and O–H groups in total. The van der Waals surface area contributed by atoms with Crippen molar-refractivity contribution in [3.05, 3.63) is 0 Å². The molecule has 0 aromatic carbocycles. The summed E-state index contributed by atoms with van der Waals surface area (Å²) in [7, 11) is 0. The SMILES string of the molecule is CC(C)C(OC(=O)N1CCCC12CCCC2)OC1CC2CC1C1CCCC21. The van der Waals surface area contributed by atoms with Gasteiger partial charge in [0.1, 0.15) is 0 Å². The lowest BCUT2D eigenvalue weighted by atomic mass is 9.80. The van der Waals surface area contributed by atoms with Crippen LogP contribution in [0.2, 0.25) is 0 Å². The second-order valence-corrected chi connectivity index (χ2v) is 10.5. The molecule has 5 fully saturated rings. The van der Waals surface area contributed by atoms with Crippen LogP contribution in [0.15, 0.2) is 0 Å². The highest BCUT2D eigenvalue weighted by atomic mass is 16.7. The van der Waals surface area contributed by atoms with E-state index in [-0.39, 0.29) is 23.8 Å². The van der Waals surface area contributed by atoms with E-state index in [2.05, 4.69) is 18.7 Å². The highest BCUT2D eigenvalue weighted by Gasteiger charge is 2.55. The maximum absolute atomic E-state index is 13.1. The van der Waals surface area contributed by atoms with E-state index in [9.17, 15) is 4.79 Å². The monoisotopic (exact) mass is 375 g/mol. The third-order valence-electron chi connectivity index (χ3n) is 8.79. The molecule has 1 spiro atoms. The van der Waals surface area contributed by atoms with Crippen LogP contribution in [-0.4, -0.2) is 35.5 Å². The van der Waals surface area contributed by atoms with Crippen LogP contribution in [0.1, 0.15) is 84.5 Å². The van der Waals surface area contributed by atoms with Crippen LogP contribution < -0.4 is 0 Å². The van der Waals surface area contributed by atoms with Gasteiger partial charge in [-0.05, 0) is 75.0 Å². The average molecular weight is 376 g/mol. The first kappa shape index (κ1) is 18.3. The summed E-state index contributed by atoms with van der Waals surface area (Å²) in [5.41, 5.74) is 0.0993. The summed E-state index contributed by atoms with van der Waals surface area (Å²) in [5, 5.41) is 0. The minimum atomic E-state index is -0.388. The molecule has 0 aromatic rings. The van der Waals surface area contributed by atoms with Gasteiger partial charge in [0.2, 0.25) is 6.29 Å². The first-order valence-electron chi connectivity index (χ1n) is 11.7. The minimum absolute atomic E-state index is 0.0993. The lowest BCUT2D eigenvalue weighted by Crippen LogP contribution is -2.48. The van der Waals surface area contributed by atoms with Crippen LogP contribution in [0.4, 0.5) is 4.79 Å². The van der Waals surface area contributed by atoms with Crippen LogP contribution >= 0.6 is 0 Å². The van der Waals surface area contributed by atoms with Crippen molar-refractivity contribution in [2.45, 2.75) is 102 Å². The molecule has 1 aliphatic heterocycles. The molecular formula is C23H37NO3. The molecule has 4 saturated carbocycles. The van der Waals surface area contributed by atoms with Crippen LogP contribution in [0.25, 0.3) is 0 Å². The van der Waals surface area contributed by atoms with Crippen molar-refractivity contribution in [3.63, 3.8) is 0 Å². The minimum Gasteiger partial charge on any atom is -0.419 e. The number of amides is 1. The number of rotatable bonds is 4. The van der Waals surface area contributed by atoms with E-state index in [1.165, 1.54) is 44.9 Å². The van der Waals surface area contributed by atoms with Crippen molar-refractivity contribution >= 4 is 6.09 Å². The number of likely N-dealkylation sites (tertiary alicyclic amines) is 1. The van der Waals surface area contributed by atoms with Gasteiger partial charge >= 0.3 is 6.09 Å². The molecule has 1 amide bonds. The summed E-state index contributed by atoms with van der Waals surface area (Å²) in [6, 6.07) is 0. The van der Waals surface area contributed by atoms with Gasteiger partial charge in [0.05, 0.1) is 6.10 Å². The Labute approximate surface area is 164 Å². The third-order valence-corrected chi connectivity index (χ3v) is 8.79. The predicted octanol–water partition coefficient (Wildman–Crippen LogP) is 5.36. The summed E-state index contributed by atoms with van der Waals surface area (Å²) >= 11 is 0. The zero-order valence-electron chi connectivity index (χ0n) is 17.2. The first-order chi connectivity index (χ1) is 13.1. The molecule has 27 heavy (non-hydrogen) atoms. The Hall–Kier alpha value is -0.770. The van der Waals surface area contributed by atoms with Gasteiger partial charge in [-0.15, -0.1) is 0 Å². The number of nitrogens with zero attached hydrogens (tertiary/aromatic N) is 1. The first-order valence-corrected chi connectivity index (χ1v) is 11.7. The fourth-order valence-electron chi connectivity index (χ4n) is 7.59. The molecule has 6 unspecified atom stereocenters. The maximum Gasteiger partial charge on any atom is 0.412 e. The summed E-state index contributed by atoms with van der Waals surface area (Å²) in [5.74, 6) is 3.65. The molecular weight excluding hydrogens is 338 g/mol. The number of carbonyl (C=O) groups is 1. The standard InChI is InChI=1S/C23H37NO3/c1-15(2)21(26-20-14-16-13-19(20)18-8-5-7-17(16)18)27-22(25)24-12-6-11-23(24)9-3-4-10-23/h15-21H,3-14H2,1-2H3. The van der Waals surface area contributed by atoms with Gasteiger partial charge in [-0.25, -0.2) is 4.79 Å². The van der Waals surface area contributed by atoms with Crippen LogP contribution in [0, 0.1) is 29.6 Å². The van der Waals surface area contributed by atoms with E-state index in [4.69, 9.17) is 9.47 Å². The summed E-state index contributed by atoms with van der Waals surface area (Å²) in [4.78, 5) is 15.1. The second kappa shape index (κ2) is 6.93. The lowest BCUT2D eigenvalue weighted by Gasteiger charge is -2.38. The van der Waals surface area contributed by atoms with E-state index in [0.717, 1.165) is 55.9 Å². The number of fused-ring (bicyclic) bond motifs is 5. The molecule has 2 bridgehead atoms. The second-order valence-electron chi connectivity index (χ2n) is 10.5. The fourth-order valence-corrected chi connectivity index (χ4v) is 7.59. The van der Waals surface area contributed by atoms with Crippen molar-refractivity contribution in [3.8, 4) is 0 Å². The topological polar surface area (TPSA) is 38.8 Å². The molecule has 0 aromatic heterocycles. The van der Waals surface area contributed by atoms with Crippen molar-refractivity contribution in [2.24, 2.45) is 29.6 Å². The third kappa shape index (κ3) is 3.01. The Kier molecular flexibility index (Phi) is 4.69. The molecule has 152 valence electrons. The van der Waals surface area contributed by atoms with Crippen LogP contribution in [0.3, 0.4) is 0 Å².